The van der Waals surface area contributed by atoms with Crippen molar-refractivity contribution < 1.29 is 9.21 Å². The quantitative estimate of drug-likeness (QED) is 0.259. The second-order valence-corrected chi connectivity index (χ2v) is 8.98. The van der Waals surface area contributed by atoms with Crippen LogP contribution in [0.15, 0.2) is 89.3 Å². The molecular weight excluding hydrogens is 454 g/mol. The number of carbonyl (C=O) groups is 1. The van der Waals surface area contributed by atoms with Gasteiger partial charge in [-0.05, 0) is 77.3 Å². The molecule has 1 amide bonds. The Kier molecular flexibility index (Phi) is 6.29. The molecule has 5 aromatic rings. The second kappa shape index (κ2) is 9.68. The van der Waals surface area contributed by atoms with Gasteiger partial charge in [-0.15, -0.1) is 0 Å². The molecule has 4 aromatic carbocycles. The van der Waals surface area contributed by atoms with Crippen molar-refractivity contribution in [1.82, 2.24) is 10.3 Å². The summed E-state index contributed by atoms with van der Waals surface area (Å²) < 4.78 is 6.00. The maximum Gasteiger partial charge on any atom is 0.258 e. The van der Waals surface area contributed by atoms with Crippen molar-refractivity contribution in [2.24, 2.45) is 0 Å². The van der Waals surface area contributed by atoms with Crippen LogP contribution in [-0.4, -0.2) is 16.0 Å². The van der Waals surface area contributed by atoms with Gasteiger partial charge in [-0.2, -0.15) is 0 Å². The van der Waals surface area contributed by atoms with Gasteiger partial charge in [-0.25, -0.2) is 4.98 Å². The number of rotatable bonds is 5. The highest BCUT2D eigenvalue weighted by Crippen LogP contribution is 2.29. The maximum atomic E-state index is 12.9. The normalized spacial score (nSPS) is 11.9. The van der Waals surface area contributed by atoms with Crippen LogP contribution in [-0.2, 0) is 0 Å². The molecule has 0 unspecified atom stereocenters. The number of thiocarbonyl (C=S) groups is 1. The summed E-state index contributed by atoms with van der Waals surface area (Å²) in [4.78, 5) is 17.6. The summed E-state index contributed by atoms with van der Waals surface area (Å²) in [5.41, 5.74) is 4.97. The molecule has 35 heavy (non-hydrogen) atoms. The summed E-state index contributed by atoms with van der Waals surface area (Å²) in [6.45, 7) is 4.38. The van der Waals surface area contributed by atoms with Crippen LogP contribution in [0.25, 0.3) is 33.3 Å². The number of hydrogen-bond acceptors (Lipinski definition) is 4. The van der Waals surface area contributed by atoms with Gasteiger partial charge in [0, 0.05) is 16.8 Å². The Morgan fingerprint density at radius 1 is 1.00 bits per heavy atom. The molecule has 0 saturated heterocycles. The minimum Gasteiger partial charge on any atom is -0.436 e. The third-order valence-electron chi connectivity index (χ3n) is 6.22. The van der Waals surface area contributed by atoms with E-state index in [1.807, 2.05) is 66.7 Å². The van der Waals surface area contributed by atoms with Gasteiger partial charge in [0.25, 0.3) is 5.91 Å². The summed E-state index contributed by atoms with van der Waals surface area (Å²) in [6, 6.07) is 27.2. The van der Waals surface area contributed by atoms with E-state index in [2.05, 4.69) is 36.6 Å². The highest BCUT2D eigenvalue weighted by molar-refractivity contribution is 7.80. The van der Waals surface area contributed by atoms with Crippen molar-refractivity contribution in [2.75, 3.05) is 5.32 Å². The van der Waals surface area contributed by atoms with E-state index in [9.17, 15) is 4.79 Å². The van der Waals surface area contributed by atoms with E-state index in [-0.39, 0.29) is 11.0 Å². The first-order valence-corrected chi connectivity index (χ1v) is 12.0. The van der Waals surface area contributed by atoms with Crippen molar-refractivity contribution in [3.63, 3.8) is 0 Å². The van der Waals surface area contributed by atoms with E-state index in [0.717, 1.165) is 39.5 Å². The lowest BCUT2D eigenvalue weighted by Crippen LogP contribution is -2.34. The van der Waals surface area contributed by atoms with Crippen LogP contribution in [0.4, 0.5) is 5.69 Å². The smallest absolute Gasteiger partial charge is 0.258 e. The molecule has 2 N–H and O–H groups in total. The van der Waals surface area contributed by atoms with E-state index < -0.39 is 0 Å². The molecule has 5 rings (SSSR count). The number of fused-ring (bicyclic) bond motifs is 2. The Labute approximate surface area is 209 Å². The molecule has 1 aromatic heterocycles. The van der Waals surface area contributed by atoms with Crippen LogP contribution in [0.2, 0.25) is 0 Å². The lowest BCUT2D eigenvalue weighted by atomic mass is 9.98. The molecule has 0 saturated carbocycles. The first kappa shape index (κ1) is 22.7. The van der Waals surface area contributed by atoms with Gasteiger partial charge in [0.2, 0.25) is 5.89 Å². The number of anilines is 1. The topological polar surface area (TPSA) is 67.2 Å². The fourth-order valence-electron chi connectivity index (χ4n) is 4.10. The Morgan fingerprint density at radius 3 is 2.66 bits per heavy atom. The van der Waals surface area contributed by atoms with Gasteiger partial charge in [-0.1, -0.05) is 62.4 Å². The average Bonchev–Trinajstić information content (AvgIpc) is 3.31. The lowest BCUT2D eigenvalue weighted by molar-refractivity contribution is 0.0979. The first-order chi connectivity index (χ1) is 17.0. The van der Waals surface area contributed by atoms with Gasteiger partial charge < -0.3 is 9.73 Å². The predicted molar refractivity (Wildman–Crippen MR) is 146 cm³/mol. The highest BCUT2D eigenvalue weighted by atomic mass is 32.1. The number of carbonyl (C=O) groups excluding carboxylic acids is 1. The van der Waals surface area contributed by atoms with Crippen LogP contribution >= 0.6 is 12.2 Å². The Hall–Kier alpha value is -4.03. The van der Waals surface area contributed by atoms with E-state index in [1.54, 1.807) is 6.07 Å². The predicted octanol–water partition coefficient (Wildman–Crippen LogP) is 7.29. The first-order valence-electron chi connectivity index (χ1n) is 11.6. The van der Waals surface area contributed by atoms with Crippen molar-refractivity contribution in [3.8, 4) is 11.5 Å². The van der Waals surface area contributed by atoms with Gasteiger partial charge >= 0.3 is 0 Å². The lowest BCUT2D eigenvalue weighted by Gasteiger charge is -2.11. The number of aromatic nitrogens is 1. The minimum atomic E-state index is -0.258. The van der Waals surface area contributed by atoms with Crippen LogP contribution in [0.5, 0.6) is 0 Å². The van der Waals surface area contributed by atoms with Gasteiger partial charge in [0.05, 0.1) is 0 Å². The maximum absolute atomic E-state index is 12.9. The molecule has 6 heteroatoms. The standard InChI is InChI=1S/C29H25N3O2S/c1-3-18(2)20-14-15-26-25(17-20)31-28(34-26)21-10-6-11-22(16-21)30-29(35)32-27(33)24-13-7-9-19-8-4-5-12-23(19)24/h4-18H,3H2,1-2H3,(H2,30,32,33,35)/t18-/m1/s1. The largest absolute Gasteiger partial charge is 0.436 e. The summed E-state index contributed by atoms with van der Waals surface area (Å²) >= 11 is 5.42. The summed E-state index contributed by atoms with van der Waals surface area (Å²) in [5.74, 6) is 0.749. The van der Waals surface area contributed by atoms with Crippen molar-refractivity contribution in [1.29, 1.82) is 0 Å². The highest BCUT2D eigenvalue weighted by Gasteiger charge is 2.14. The third-order valence-corrected chi connectivity index (χ3v) is 6.43. The Balaban J connectivity index is 1.33. The SMILES string of the molecule is CC[C@@H](C)c1ccc2oc(-c3cccc(NC(=S)NC(=O)c4cccc5ccccc45)c3)nc2c1. The zero-order chi connectivity index (χ0) is 24.4. The van der Waals surface area contributed by atoms with Crippen molar-refractivity contribution in [3.05, 3.63) is 96.1 Å². The molecule has 0 aliphatic heterocycles. The van der Waals surface area contributed by atoms with Crippen LogP contribution in [0.1, 0.15) is 42.1 Å². The Morgan fingerprint density at radius 2 is 1.80 bits per heavy atom. The molecule has 0 aliphatic carbocycles. The van der Waals surface area contributed by atoms with Crippen LogP contribution in [0, 0.1) is 0 Å². The molecule has 5 nitrogen and oxygen atoms in total. The van der Waals surface area contributed by atoms with Crippen molar-refractivity contribution >= 4 is 50.8 Å². The summed E-state index contributed by atoms with van der Waals surface area (Å²) in [7, 11) is 0. The van der Waals surface area contributed by atoms with Gasteiger partial charge in [0.1, 0.15) is 5.52 Å². The molecule has 0 fully saturated rings. The third kappa shape index (κ3) is 4.79. The molecular formula is C29H25N3O2S. The molecule has 0 radical (unpaired) electrons. The van der Waals surface area contributed by atoms with E-state index in [1.165, 1.54) is 5.56 Å². The zero-order valence-corrected chi connectivity index (χ0v) is 20.4. The number of benzene rings is 4. The number of hydrogen-bond donors (Lipinski definition) is 2. The zero-order valence-electron chi connectivity index (χ0n) is 19.5. The molecule has 1 atom stereocenters. The van der Waals surface area contributed by atoms with Crippen molar-refractivity contribution in [2.45, 2.75) is 26.2 Å². The molecule has 0 bridgehead atoms. The fourth-order valence-corrected chi connectivity index (χ4v) is 4.31. The molecule has 0 aliphatic rings. The second-order valence-electron chi connectivity index (χ2n) is 8.57. The van der Waals surface area contributed by atoms with Gasteiger partial charge in [0.15, 0.2) is 10.7 Å². The van der Waals surface area contributed by atoms with Gasteiger partial charge in [-0.3, -0.25) is 10.1 Å². The molecule has 174 valence electrons. The summed E-state index contributed by atoms with van der Waals surface area (Å²) in [5, 5.41) is 7.98. The number of amides is 1. The minimum absolute atomic E-state index is 0.218. The fraction of sp³-hybridized carbons (Fsp3) is 0.138. The monoisotopic (exact) mass is 479 g/mol. The van der Waals surface area contributed by atoms with E-state index in [0.29, 0.717) is 17.4 Å². The number of oxazole rings is 1. The van der Waals surface area contributed by atoms with E-state index >= 15 is 0 Å². The van der Waals surface area contributed by atoms with Crippen LogP contribution in [0.3, 0.4) is 0 Å². The average molecular weight is 480 g/mol. The number of nitrogens with zero attached hydrogens (tertiary/aromatic N) is 1. The molecule has 0 spiro atoms. The number of nitrogens with one attached hydrogen (secondary N) is 2. The Bertz CT molecular complexity index is 1550. The summed E-state index contributed by atoms with van der Waals surface area (Å²) in [6.07, 6.45) is 1.07. The van der Waals surface area contributed by atoms with E-state index in [4.69, 9.17) is 21.6 Å². The van der Waals surface area contributed by atoms with Crippen LogP contribution < -0.4 is 10.6 Å². The molecule has 1 heterocycles.